The van der Waals surface area contributed by atoms with Crippen molar-refractivity contribution in [1.29, 1.82) is 0 Å². The first-order chi connectivity index (χ1) is 20.7. The molecule has 1 saturated heterocycles. The molecule has 20 heteroatoms. The number of aromatic nitrogens is 4. The fraction of sp³-hybridized carbons (Fsp3) is 0.667. The summed E-state index contributed by atoms with van der Waals surface area (Å²) in [5.41, 5.74) is 11.9. The van der Waals surface area contributed by atoms with E-state index in [-0.39, 0.29) is 61.3 Å². The average molecular weight is 645 g/mol. The number of anilines is 2. The van der Waals surface area contributed by atoms with Crippen LogP contribution in [0.5, 0.6) is 0 Å². The summed E-state index contributed by atoms with van der Waals surface area (Å²) in [4.78, 5) is 49.8. The van der Waals surface area contributed by atoms with Crippen molar-refractivity contribution in [3.05, 3.63) is 6.33 Å². The lowest BCUT2D eigenvalue weighted by Crippen LogP contribution is -2.45. The standard InChI is InChI=1S/C24H40N10O9S/c1-33(11-7-13(25)23(39)40)21(38)18-16(36)17(37)22(43-18)34-12-29-15-19(26)31-24(32-20(15)34)28-10-9-27-14(35)6-4-3-5-8-30-44(2,41)42/h12-13,16-18,22,30,36-37H,3-11,25H2,1-2H3,(H,27,35)(H,39,40)(H3,26,28,31,32). The Labute approximate surface area is 253 Å². The fourth-order valence-electron chi connectivity index (χ4n) is 4.39. The van der Waals surface area contributed by atoms with Gasteiger partial charge < -0.3 is 47.1 Å². The van der Waals surface area contributed by atoms with Gasteiger partial charge in [-0.05, 0) is 19.3 Å². The number of ether oxygens (including phenoxy) is 1. The summed E-state index contributed by atoms with van der Waals surface area (Å²) in [6.07, 6.45) is -1.31. The molecule has 0 aliphatic carbocycles. The zero-order chi connectivity index (χ0) is 32.6. The second kappa shape index (κ2) is 15.3. The molecule has 5 atom stereocenters. The number of fused-ring (bicyclic) bond motifs is 1. The van der Waals surface area contributed by atoms with Crippen molar-refractivity contribution in [3.8, 4) is 0 Å². The summed E-state index contributed by atoms with van der Waals surface area (Å²) in [6.45, 7) is 0.808. The number of nitrogen functional groups attached to an aromatic ring is 1. The molecule has 3 heterocycles. The van der Waals surface area contributed by atoms with E-state index in [1.807, 2.05) is 0 Å². The molecule has 3 rings (SSSR count). The summed E-state index contributed by atoms with van der Waals surface area (Å²) in [5, 5.41) is 36.0. The largest absolute Gasteiger partial charge is 0.480 e. The molecule has 1 aliphatic heterocycles. The molecule has 0 aromatic carbocycles. The molecule has 0 saturated carbocycles. The number of amides is 2. The number of likely N-dealkylation sites (N-methyl/N-ethyl adjacent to an activating group) is 1. The number of rotatable bonds is 17. The third-order valence-corrected chi connectivity index (χ3v) is 7.58. The minimum absolute atomic E-state index is 0.0146. The van der Waals surface area contributed by atoms with Crippen LogP contribution in [0.4, 0.5) is 11.8 Å². The van der Waals surface area contributed by atoms with Gasteiger partial charge >= 0.3 is 5.97 Å². The van der Waals surface area contributed by atoms with Crippen LogP contribution in [0.1, 0.15) is 38.3 Å². The smallest absolute Gasteiger partial charge is 0.320 e. The van der Waals surface area contributed by atoms with Gasteiger partial charge in [-0.3, -0.25) is 19.0 Å². The average Bonchev–Trinajstić information content (AvgIpc) is 3.51. The van der Waals surface area contributed by atoms with E-state index < -0.39 is 52.5 Å². The van der Waals surface area contributed by atoms with E-state index in [0.29, 0.717) is 25.8 Å². The lowest BCUT2D eigenvalue weighted by molar-refractivity contribution is -0.148. The molecule has 0 radical (unpaired) electrons. The second-order valence-corrected chi connectivity index (χ2v) is 12.3. The van der Waals surface area contributed by atoms with Gasteiger partial charge in [0.2, 0.25) is 21.9 Å². The maximum Gasteiger partial charge on any atom is 0.320 e. The molecular formula is C24H40N10O9S. The molecule has 246 valence electrons. The molecule has 1 fully saturated rings. The Morgan fingerprint density at radius 2 is 1.86 bits per heavy atom. The first-order valence-corrected chi connectivity index (χ1v) is 15.8. The van der Waals surface area contributed by atoms with Crippen LogP contribution in [-0.2, 0) is 29.1 Å². The maximum absolute atomic E-state index is 12.9. The van der Waals surface area contributed by atoms with E-state index in [0.717, 1.165) is 6.26 Å². The number of aliphatic hydroxyl groups excluding tert-OH is 2. The quantitative estimate of drug-likeness (QED) is 0.0793. The number of carboxylic acid groups (broad SMARTS) is 1. The highest BCUT2D eigenvalue weighted by Gasteiger charge is 2.48. The Bertz CT molecular complexity index is 1420. The van der Waals surface area contributed by atoms with Crippen molar-refractivity contribution in [2.45, 2.75) is 62.7 Å². The lowest BCUT2D eigenvalue weighted by atomic mass is 10.1. The van der Waals surface area contributed by atoms with Crippen molar-refractivity contribution in [2.24, 2.45) is 5.73 Å². The SMILES string of the molecule is CN(CCC(N)C(=O)O)C(=O)C1OC(n2cnc3c(N)nc(NCCNC(=O)CCCCCNS(C)(=O)=O)nc32)C(O)C1O. The number of nitrogens with one attached hydrogen (secondary N) is 3. The van der Waals surface area contributed by atoms with Gasteiger partial charge in [-0.1, -0.05) is 6.42 Å². The number of sulfonamides is 1. The van der Waals surface area contributed by atoms with Gasteiger partial charge in [0.05, 0.1) is 12.6 Å². The molecule has 10 N–H and O–H groups in total. The summed E-state index contributed by atoms with van der Waals surface area (Å²) < 4.78 is 31.5. The van der Waals surface area contributed by atoms with Gasteiger partial charge in [-0.25, -0.2) is 18.1 Å². The van der Waals surface area contributed by atoms with Crippen LogP contribution in [0.25, 0.3) is 11.2 Å². The summed E-state index contributed by atoms with van der Waals surface area (Å²) >= 11 is 0. The molecule has 5 unspecified atom stereocenters. The number of aliphatic hydroxyl groups is 2. The van der Waals surface area contributed by atoms with Crippen LogP contribution in [0, 0.1) is 0 Å². The minimum Gasteiger partial charge on any atom is -0.480 e. The van der Waals surface area contributed by atoms with Crippen LogP contribution in [0.3, 0.4) is 0 Å². The number of aliphatic carboxylic acids is 1. The number of carbonyl (C=O) groups excluding carboxylic acids is 2. The van der Waals surface area contributed by atoms with Crippen molar-refractivity contribution in [2.75, 3.05) is 50.5 Å². The Morgan fingerprint density at radius 1 is 1.14 bits per heavy atom. The van der Waals surface area contributed by atoms with Crippen LogP contribution in [0.15, 0.2) is 6.33 Å². The highest BCUT2D eigenvalue weighted by atomic mass is 32.2. The summed E-state index contributed by atoms with van der Waals surface area (Å²) in [7, 11) is -1.82. The normalized spacial score (nSPS) is 20.8. The molecule has 19 nitrogen and oxygen atoms in total. The second-order valence-electron chi connectivity index (χ2n) is 10.4. The highest BCUT2D eigenvalue weighted by molar-refractivity contribution is 7.88. The highest BCUT2D eigenvalue weighted by Crippen LogP contribution is 2.33. The van der Waals surface area contributed by atoms with Gasteiger partial charge in [0.25, 0.3) is 5.91 Å². The molecular weight excluding hydrogens is 604 g/mol. The van der Waals surface area contributed by atoms with E-state index in [2.05, 4.69) is 30.3 Å². The molecule has 44 heavy (non-hydrogen) atoms. The molecule has 2 amide bonds. The molecule has 2 aromatic heterocycles. The Kier molecular flexibility index (Phi) is 12.1. The molecule has 1 aliphatic rings. The first-order valence-electron chi connectivity index (χ1n) is 13.9. The number of hydrogen-bond acceptors (Lipinski definition) is 14. The van der Waals surface area contributed by atoms with Crippen LogP contribution >= 0.6 is 0 Å². The predicted octanol–water partition coefficient (Wildman–Crippen LogP) is -3.07. The Hall–Kier alpha value is -3.69. The van der Waals surface area contributed by atoms with Crippen LogP contribution in [-0.4, -0.2) is 130 Å². The van der Waals surface area contributed by atoms with Crippen molar-refractivity contribution in [3.63, 3.8) is 0 Å². The Balaban J connectivity index is 1.54. The van der Waals surface area contributed by atoms with Gasteiger partial charge in [-0.15, -0.1) is 0 Å². The van der Waals surface area contributed by atoms with Gasteiger partial charge in [0.15, 0.2) is 23.8 Å². The first kappa shape index (κ1) is 34.8. The van der Waals surface area contributed by atoms with E-state index in [4.69, 9.17) is 21.3 Å². The van der Waals surface area contributed by atoms with Crippen molar-refractivity contribution in [1.82, 2.24) is 34.5 Å². The number of carbonyl (C=O) groups is 3. The lowest BCUT2D eigenvalue weighted by Gasteiger charge is -2.23. The van der Waals surface area contributed by atoms with Gasteiger partial charge in [-0.2, -0.15) is 9.97 Å². The van der Waals surface area contributed by atoms with Gasteiger partial charge in [0, 0.05) is 39.6 Å². The number of hydrogen-bond donors (Lipinski definition) is 8. The number of nitrogens with two attached hydrogens (primary N) is 2. The zero-order valence-electron chi connectivity index (χ0n) is 24.4. The fourth-order valence-corrected chi connectivity index (χ4v) is 4.91. The summed E-state index contributed by atoms with van der Waals surface area (Å²) in [5.74, 6) is -1.94. The third-order valence-electron chi connectivity index (χ3n) is 6.85. The van der Waals surface area contributed by atoms with Crippen molar-refractivity contribution < 1.29 is 42.9 Å². The van der Waals surface area contributed by atoms with Gasteiger partial charge in [0.1, 0.15) is 23.8 Å². The number of imidazole rings is 1. The van der Waals surface area contributed by atoms with Crippen LogP contribution in [0.2, 0.25) is 0 Å². The molecule has 0 bridgehead atoms. The predicted molar refractivity (Wildman–Crippen MR) is 156 cm³/mol. The molecule has 2 aromatic rings. The molecule has 0 spiro atoms. The van der Waals surface area contributed by atoms with E-state index in [9.17, 15) is 33.0 Å². The van der Waals surface area contributed by atoms with E-state index in [1.54, 1.807) is 0 Å². The zero-order valence-corrected chi connectivity index (χ0v) is 25.2. The number of nitrogens with zero attached hydrogens (tertiary/aromatic N) is 5. The van der Waals surface area contributed by atoms with Crippen molar-refractivity contribution >= 4 is 50.7 Å². The van der Waals surface area contributed by atoms with E-state index >= 15 is 0 Å². The Morgan fingerprint density at radius 3 is 2.55 bits per heavy atom. The maximum atomic E-state index is 12.9. The van der Waals surface area contributed by atoms with Crippen LogP contribution < -0.4 is 26.8 Å². The number of carboxylic acids is 1. The van der Waals surface area contributed by atoms with E-state index in [1.165, 1.54) is 22.8 Å². The topological polar surface area (TPSA) is 290 Å². The number of unbranched alkanes of at least 4 members (excludes halogenated alkanes) is 2. The minimum atomic E-state index is -3.22. The summed E-state index contributed by atoms with van der Waals surface area (Å²) in [6, 6.07) is -1.17. The monoisotopic (exact) mass is 644 g/mol. The third kappa shape index (κ3) is 9.40.